The van der Waals surface area contributed by atoms with Crippen molar-refractivity contribution in [1.82, 2.24) is 9.80 Å². The molecule has 0 spiro atoms. The van der Waals surface area contributed by atoms with Crippen LogP contribution in [-0.4, -0.2) is 55.1 Å². The number of nitrogens with zero attached hydrogens (tertiary/aromatic N) is 2. The number of carbonyl (C=O) groups is 2. The molecule has 1 aliphatic rings. The van der Waals surface area contributed by atoms with Gasteiger partial charge in [-0.2, -0.15) is 0 Å². The van der Waals surface area contributed by atoms with E-state index in [1.165, 1.54) is 12.7 Å². The van der Waals surface area contributed by atoms with E-state index in [0.717, 1.165) is 11.1 Å². The summed E-state index contributed by atoms with van der Waals surface area (Å²) in [7, 11) is 1.38. The zero-order valence-corrected chi connectivity index (χ0v) is 12.9. The highest BCUT2D eigenvalue weighted by Gasteiger charge is 2.24. The highest BCUT2D eigenvalue weighted by atomic mass is 16.5. The SMILES string of the molecule is COC(=O)N1CCN(C(=O)Cc2cc(C)ccc2C)CC1. The predicted octanol–water partition coefficient (Wildman–Crippen LogP) is 1.76. The van der Waals surface area contributed by atoms with Crippen LogP contribution in [0.5, 0.6) is 0 Å². The van der Waals surface area contributed by atoms with E-state index in [4.69, 9.17) is 4.74 Å². The molecule has 0 bridgehead atoms. The van der Waals surface area contributed by atoms with E-state index in [1.807, 2.05) is 24.8 Å². The largest absolute Gasteiger partial charge is 0.453 e. The molecule has 2 amide bonds. The summed E-state index contributed by atoms with van der Waals surface area (Å²) in [5, 5.41) is 0. The Kier molecular flexibility index (Phi) is 4.83. The first kappa shape index (κ1) is 15.4. The molecule has 1 aliphatic heterocycles. The van der Waals surface area contributed by atoms with Gasteiger partial charge in [0.05, 0.1) is 13.5 Å². The molecule has 0 saturated carbocycles. The number of hydrogen-bond acceptors (Lipinski definition) is 3. The van der Waals surface area contributed by atoms with Gasteiger partial charge >= 0.3 is 6.09 Å². The Bertz CT molecular complexity index is 534. The fourth-order valence-corrected chi connectivity index (χ4v) is 2.53. The summed E-state index contributed by atoms with van der Waals surface area (Å²) < 4.78 is 4.69. The second-order valence-electron chi connectivity index (χ2n) is 5.44. The zero-order valence-electron chi connectivity index (χ0n) is 12.9. The molecule has 1 saturated heterocycles. The number of methoxy groups -OCH3 is 1. The Morgan fingerprint density at radius 3 is 2.33 bits per heavy atom. The van der Waals surface area contributed by atoms with Crippen LogP contribution in [0.2, 0.25) is 0 Å². The molecule has 0 aromatic heterocycles. The van der Waals surface area contributed by atoms with Crippen LogP contribution in [0.3, 0.4) is 0 Å². The van der Waals surface area contributed by atoms with E-state index in [-0.39, 0.29) is 12.0 Å². The van der Waals surface area contributed by atoms with Crippen LogP contribution >= 0.6 is 0 Å². The van der Waals surface area contributed by atoms with Gasteiger partial charge in [-0.25, -0.2) is 4.79 Å². The van der Waals surface area contributed by atoms with E-state index >= 15 is 0 Å². The van der Waals surface area contributed by atoms with Gasteiger partial charge in [-0.15, -0.1) is 0 Å². The Morgan fingerprint density at radius 1 is 1.10 bits per heavy atom. The van der Waals surface area contributed by atoms with E-state index in [2.05, 4.69) is 12.1 Å². The molecule has 0 N–H and O–H groups in total. The number of aryl methyl sites for hydroxylation is 2. The number of rotatable bonds is 2. The van der Waals surface area contributed by atoms with Crippen LogP contribution in [0, 0.1) is 13.8 Å². The first-order valence-corrected chi connectivity index (χ1v) is 7.18. The molecule has 21 heavy (non-hydrogen) atoms. The van der Waals surface area contributed by atoms with Gasteiger partial charge in [0, 0.05) is 26.2 Å². The third-order valence-corrected chi connectivity index (χ3v) is 3.91. The average Bonchev–Trinajstić information content (AvgIpc) is 2.50. The maximum Gasteiger partial charge on any atom is 0.409 e. The van der Waals surface area contributed by atoms with Gasteiger partial charge in [0.1, 0.15) is 0 Å². The van der Waals surface area contributed by atoms with Crippen molar-refractivity contribution in [3.63, 3.8) is 0 Å². The molecule has 5 nitrogen and oxygen atoms in total. The summed E-state index contributed by atoms with van der Waals surface area (Å²) >= 11 is 0. The van der Waals surface area contributed by atoms with Crippen LogP contribution in [0.15, 0.2) is 18.2 Å². The average molecular weight is 290 g/mol. The van der Waals surface area contributed by atoms with Crippen LogP contribution in [0.1, 0.15) is 16.7 Å². The first-order valence-electron chi connectivity index (χ1n) is 7.18. The molecule has 1 aromatic carbocycles. The maximum atomic E-state index is 12.4. The topological polar surface area (TPSA) is 49.9 Å². The molecule has 1 aromatic rings. The lowest BCUT2D eigenvalue weighted by atomic mass is 10.0. The second-order valence-corrected chi connectivity index (χ2v) is 5.44. The quantitative estimate of drug-likeness (QED) is 0.834. The van der Waals surface area contributed by atoms with E-state index < -0.39 is 0 Å². The Labute approximate surface area is 125 Å². The zero-order chi connectivity index (χ0) is 15.4. The standard InChI is InChI=1S/C16H22N2O3/c1-12-4-5-13(2)14(10-12)11-15(19)17-6-8-18(9-7-17)16(20)21-3/h4-5,10H,6-9,11H2,1-3H3. The number of ether oxygens (including phenoxy) is 1. The van der Waals surface area contributed by atoms with Crippen molar-refractivity contribution in [2.75, 3.05) is 33.3 Å². The molecular formula is C16H22N2O3. The van der Waals surface area contributed by atoms with Gasteiger partial charge in [0.2, 0.25) is 5.91 Å². The fraction of sp³-hybridized carbons (Fsp3) is 0.500. The fourth-order valence-electron chi connectivity index (χ4n) is 2.53. The Balaban J connectivity index is 1.93. The minimum atomic E-state index is -0.323. The van der Waals surface area contributed by atoms with Gasteiger partial charge in [-0.3, -0.25) is 4.79 Å². The van der Waals surface area contributed by atoms with Crippen molar-refractivity contribution in [2.45, 2.75) is 20.3 Å². The maximum absolute atomic E-state index is 12.4. The predicted molar refractivity (Wildman–Crippen MR) is 80.2 cm³/mol. The van der Waals surface area contributed by atoms with Crippen molar-refractivity contribution in [1.29, 1.82) is 0 Å². The smallest absolute Gasteiger partial charge is 0.409 e. The van der Waals surface area contributed by atoms with Crippen molar-refractivity contribution in [3.8, 4) is 0 Å². The third kappa shape index (κ3) is 3.74. The highest BCUT2D eigenvalue weighted by molar-refractivity contribution is 5.79. The molecule has 2 rings (SSSR count). The van der Waals surface area contributed by atoms with E-state index in [9.17, 15) is 9.59 Å². The number of benzene rings is 1. The monoisotopic (exact) mass is 290 g/mol. The van der Waals surface area contributed by atoms with Gasteiger partial charge in [0.15, 0.2) is 0 Å². The first-order chi connectivity index (χ1) is 10.0. The van der Waals surface area contributed by atoms with Crippen LogP contribution in [0.25, 0.3) is 0 Å². The van der Waals surface area contributed by atoms with Gasteiger partial charge < -0.3 is 14.5 Å². The molecular weight excluding hydrogens is 268 g/mol. The normalized spacial score (nSPS) is 15.0. The molecule has 5 heteroatoms. The minimum Gasteiger partial charge on any atom is -0.453 e. The van der Waals surface area contributed by atoms with Crippen molar-refractivity contribution >= 4 is 12.0 Å². The Morgan fingerprint density at radius 2 is 1.71 bits per heavy atom. The molecule has 0 unspecified atom stereocenters. The van der Waals surface area contributed by atoms with Crippen LogP contribution in [-0.2, 0) is 16.0 Å². The Hall–Kier alpha value is -2.04. The van der Waals surface area contributed by atoms with Gasteiger partial charge in [0.25, 0.3) is 0 Å². The third-order valence-electron chi connectivity index (χ3n) is 3.91. The highest BCUT2D eigenvalue weighted by Crippen LogP contribution is 2.13. The number of hydrogen-bond donors (Lipinski definition) is 0. The lowest BCUT2D eigenvalue weighted by molar-refractivity contribution is -0.132. The van der Waals surface area contributed by atoms with Crippen LogP contribution < -0.4 is 0 Å². The number of amides is 2. The van der Waals surface area contributed by atoms with Crippen LogP contribution in [0.4, 0.5) is 4.79 Å². The molecule has 0 radical (unpaired) electrons. The lowest BCUT2D eigenvalue weighted by Gasteiger charge is -2.34. The molecule has 1 fully saturated rings. The van der Waals surface area contributed by atoms with Gasteiger partial charge in [-0.05, 0) is 25.0 Å². The van der Waals surface area contributed by atoms with E-state index in [1.54, 1.807) is 4.90 Å². The summed E-state index contributed by atoms with van der Waals surface area (Å²) in [6, 6.07) is 6.17. The second kappa shape index (κ2) is 6.61. The van der Waals surface area contributed by atoms with Crippen molar-refractivity contribution in [3.05, 3.63) is 34.9 Å². The minimum absolute atomic E-state index is 0.119. The summed E-state index contributed by atoms with van der Waals surface area (Å²) in [5.74, 6) is 0.119. The molecule has 114 valence electrons. The van der Waals surface area contributed by atoms with E-state index in [0.29, 0.717) is 32.6 Å². The number of carbonyl (C=O) groups excluding carboxylic acids is 2. The molecule has 0 atom stereocenters. The number of piperazine rings is 1. The summed E-state index contributed by atoms with van der Waals surface area (Å²) in [5.41, 5.74) is 3.39. The molecule has 0 aliphatic carbocycles. The van der Waals surface area contributed by atoms with Crippen molar-refractivity contribution in [2.24, 2.45) is 0 Å². The summed E-state index contributed by atoms with van der Waals surface area (Å²) in [4.78, 5) is 27.2. The molecule has 1 heterocycles. The van der Waals surface area contributed by atoms with Crippen molar-refractivity contribution < 1.29 is 14.3 Å². The van der Waals surface area contributed by atoms with Gasteiger partial charge in [-0.1, -0.05) is 23.8 Å². The summed E-state index contributed by atoms with van der Waals surface area (Å²) in [6.45, 7) is 6.26. The lowest BCUT2D eigenvalue weighted by Crippen LogP contribution is -2.51. The summed E-state index contributed by atoms with van der Waals surface area (Å²) in [6.07, 6.45) is 0.0998.